The van der Waals surface area contributed by atoms with E-state index in [1.165, 1.54) is 0 Å². The zero-order valence-corrected chi connectivity index (χ0v) is 25.3. The molecule has 2 N–H and O–H groups in total. The average molecular weight is 573 g/mol. The molecule has 0 saturated carbocycles. The minimum Gasteiger partial charge on any atom is -0.331 e. The quantitative estimate of drug-likeness (QED) is 0.351. The van der Waals surface area contributed by atoms with E-state index in [-0.39, 0.29) is 35.5 Å². The minimum atomic E-state index is -0.409. The highest BCUT2D eigenvalue weighted by Crippen LogP contribution is 2.23. The molecule has 4 amide bonds. The number of anilines is 2. The van der Waals surface area contributed by atoms with Gasteiger partial charge in [-0.15, -0.1) is 0 Å². The third-order valence-electron chi connectivity index (χ3n) is 7.74. The van der Waals surface area contributed by atoms with Crippen LogP contribution in [0.2, 0.25) is 0 Å². The van der Waals surface area contributed by atoms with Gasteiger partial charge in [0.15, 0.2) is 0 Å². The molecule has 0 spiro atoms. The standard InChI is InChI=1S/C34H44N4O4/c1-23(2)21-31(39)37-19-5-7-29(37)33(41)35-27-15-11-25(12-16-27)9-10-26-13-17-28(18-14-26)36-34(42)30-8-6-20-38(30)32(40)22-24(3)4/h9-18,23-24,29-30H,5-8,19-22H2,1-4H3,(H,35,41)(H,36,42)/t29-,30-/m0/s1. The Morgan fingerprint density at radius 3 is 1.36 bits per heavy atom. The van der Waals surface area contributed by atoms with E-state index in [1.54, 1.807) is 9.80 Å². The molecule has 2 heterocycles. The molecule has 8 nitrogen and oxygen atoms in total. The largest absolute Gasteiger partial charge is 0.331 e. The van der Waals surface area contributed by atoms with Gasteiger partial charge in [-0.05, 0) is 72.9 Å². The summed E-state index contributed by atoms with van der Waals surface area (Å²) in [5.41, 5.74) is 3.36. The smallest absolute Gasteiger partial charge is 0.247 e. The Labute approximate surface area is 249 Å². The molecular formula is C34H44N4O4. The molecule has 2 saturated heterocycles. The van der Waals surface area contributed by atoms with Crippen molar-refractivity contribution in [3.8, 4) is 0 Å². The van der Waals surface area contributed by atoms with Crippen LogP contribution in [0.15, 0.2) is 48.5 Å². The molecule has 2 aliphatic heterocycles. The summed E-state index contributed by atoms with van der Waals surface area (Å²) in [6.45, 7) is 9.32. The summed E-state index contributed by atoms with van der Waals surface area (Å²) in [7, 11) is 0. The highest BCUT2D eigenvalue weighted by molar-refractivity contribution is 5.98. The summed E-state index contributed by atoms with van der Waals surface area (Å²) in [6.07, 6.45) is 7.96. The summed E-state index contributed by atoms with van der Waals surface area (Å²) in [5, 5.41) is 5.94. The topological polar surface area (TPSA) is 98.8 Å². The third kappa shape index (κ3) is 8.30. The van der Waals surface area contributed by atoms with E-state index < -0.39 is 12.1 Å². The van der Waals surface area contributed by atoms with Gasteiger partial charge in [0.05, 0.1) is 0 Å². The predicted molar refractivity (Wildman–Crippen MR) is 167 cm³/mol. The number of carbonyl (C=O) groups is 4. The van der Waals surface area contributed by atoms with E-state index in [2.05, 4.69) is 10.6 Å². The predicted octanol–water partition coefficient (Wildman–Crippen LogP) is 5.81. The fourth-order valence-corrected chi connectivity index (χ4v) is 5.61. The van der Waals surface area contributed by atoms with Crippen LogP contribution in [0.4, 0.5) is 11.4 Å². The maximum atomic E-state index is 12.9. The zero-order valence-electron chi connectivity index (χ0n) is 25.3. The molecule has 2 aliphatic rings. The lowest BCUT2D eigenvalue weighted by Crippen LogP contribution is -2.43. The average Bonchev–Trinajstić information content (AvgIpc) is 3.63. The molecule has 0 radical (unpaired) electrons. The van der Waals surface area contributed by atoms with Gasteiger partial charge < -0.3 is 20.4 Å². The van der Waals surface area contributed by atoms with Gasteiger partial charge >= 0.3 is 0 Å². The van der Waals surface area contributed by atoms with Gasteiger partial charge in [-0.25, -0.2) is 0 Å². The maximum absolute atomic E-state index is 12.9. The second-order valence-corrected chi connectivity index (χ2v) is 12.2. The molecular weight excluding hydrogens is 528 g/mol. The van der Waals surface area contributed by atoms with E-state index in [4.69, 9.17) is 0 Å². The second-order valence-electron chi connectivity index (χ2n) is 12.2. The van der Waals surface area contributed by atoms with Crippen molar-refractivity contribution in [1.82, 2.24) is 9.80 Å². The first kappa shape index (κ1) is 31.0. The fraction of sp³-hybridized carbons (Fsp3) is 0.471. The monoisotopic (exact) mass is 572 g/mol. The Balaban J connectivity index is 1.28. The van der Waals surface area contributed by atoms with Crippen LogP contribution in [0.5, 0.6) is 0 Å². The van der Waals surface area contributed by atoms with Gasteiger partial charge in [-0.1, -0.05) is 64.1 Å². The van der Waals surface area contributed by atoms with Crippen LogP contribution < -0.4 is 10.6 Å². The van der Waals surface area contributed by atoms with E-state index >= 15 is 0 Å². The van der Waals surface area contributed by atoms with Crippen LogP contribution in [0, 0.1) is 11.8 Å². The number of rotatable bonds is 10. The highest BCUT2D eigenvalue weighted by atomic mass is 16.2. The van der Waals surface area contributed by atoms with Crippen molar-refractivity contribution < 1.29 is 19.2 Å². The summed E-state index contributed by atoms with van der Waals surface area (Å²) in [4.78, 5) is 54.3. The molecule has 2 aromatic rings. The van der Waals surface area contributed by atoms with Crippen molar-refractivity contribution in [2.75, 3.05) is 23.7 Å². The molecule has 8 heteroatoms. The van der Waals surface area contributed by atoms with Crippen LogP contribution in [0.3, 0.4) is 0 Å². The number of hydrogen-bond acceptors (Lipinski definition) is 4. The van der Waals surface area contributed by atoms with Crippen molar-refractivity contribution in [3.05, 3.63) is 59.7 Å². The summed E-state index contributed by atoms with van der Waals surface area (Å²) in [5.74, 6) is 0.356. The van der Waals surface area contributed by atoms with Gasteiger partial charge in [0.2, 0.25) is 23.6 Å². The van der Waals surface area contributed by atoms with E-state index in [1.807, 2.05) is 88.4 Å². The van der Waals surface area contributed by atoms with Crippen molar-refractivity contribution in [2.45, 2.75) is 78.3 Å². The lowest BCUT2D eigenvalue weighted by molar-refractivity contribution is -0.137. The Kier molecular flexibility index (Phi) is 10.6. The Bertz CT molecular complexity index is 1180. The van der Waals surface area contributed by atoms with Crippen molar-refractivity contribution in [1.29, 1.82) is 0 Å². The SMILES string of the molecule is CC(C)CC(=O)N1CCC[C@H]1C(=O)Nc1ccc(C=Cc2ccc(NC(=O)[C@@H]3CCCN3C(=O)CC(C)C)cc2)cc1. The molecule has 2 fully saturated rings. The summed E-state index contributed by atoms with van der Waals surface area (Å²) < 4.78 is 0. The molecule has 0 aromatic heterocycles. The molecule has 2 atom stereocenters. The van der Waals surface area contributed by atoms with Gasteiger partial charge in [0, 0.05) is 37.3 Å². The van der Waals surface area contributed by atoms with Gasteiger partial charge in [-0.2, -0.15) is 0 Å². The van der Waals surface area contributed by atoms with Crippen LogP contribution in [-0.2, 0) is 19.2 Å². The Hall–Kier alpha value is -3.94. The van der Waals surface area contributed by atoms with Crippen LogP contribution in [-0.4, -0.2) is 58.6 Å². The lowest BCUT2D eigenvalue weighted by Gasteiger charge is -2.24. The molecule has 42 heavy (non-hydrogen) atoms. The number of nitrogens with one attached hydrogen (secondary N) is 2. The molecule has 0 unspecified atom stereocenters. The van der Waals surface area contributed by atoms with E-state index in [0.29, 0.717) is 50.1 Å². The maximum Gasteiger partial charge on any atom is 0.247 e. The molecule has 4 rings (SSSR count). The number of amides is 4. The van der Waals surface area contributed by atoms with Crippen molar-refractivity contribution in [3.63, 3.8) is 0 Å². The first-order chi connectivity index (χ1) is 20.1. The number of nitrogens with zero attached hydrogens (tertiary/aromatic N) is 2. The van der Waals surface area contributed by atoms with Gasteiger partial charge in [0.1, 0.15) is 12.1 Å². The van der Waals surface area contributed by atoms with Crippen molar-refractivity contribution >= 4 is 47.2 Å². The lowest BCUT2D eigenvalue weighted by atomic mass is 10.1. The van der Waals surface area contributed by atoms with Crippen LogP contribution in [0.1, 0.15) is 77.3 Å². The Morgan fingerprint density at radius 1 is 0.667 bits per heavy atom. The van der Waals surface area contributed by atoms with Crippen molar-refractivity contribution in [2.24, 2.45) is 11.8 Å². The van der Waals surface area contributed by atoms with Gasteiger partial charge in [-0.3, -0.25) is 19.2 Å². The number of carbonyl (C=O) groups excluding carboxylic acids is 4. The highest BCUT2D eigenvalue weighted by Gasteiger charge is 2.35. The van der Waals surface area contributed by atoms with Crippen LogP contribution in [0.25, 0.3) is 12.2 Å². The van der Waals surface area contributed by atoms with Gasteiger partial charge in [0.25, 0.3) is 0 Å². The van der Waals surface area contributed by atoms with E-state index in [9.17, 15) is 19.2 Å². The summed E-state index contributed by atoms with van der Waals surface area (Å²) >= 11 is 0. The molecule has 0 bridgehead atoms. The zero-order chi connectivity index (χ0) is 30.2. The molecule has 2 aromatic carbocycles. The first-order valence-corrected chi connectivity index (χ1v) is 15.2. The second kappa shape index (κ2) is 14.3. The molecule has 0 aliphatic carbocycles. The number of benzene rings is 2. The summed E-state index contributed by atoms with van der Waals surface area (Å²) in [6, 6.07) is 14.4. The molecule has 224 valence electrons. The Morgan fingerprint density at radius 2 is 1.02 bits per heavy atom. The van der Waals surface area contributed by atoms with Crippen LogP contribution >= 0.6 is 0 Å². The minimum absolute atomic E-state index is 0.0487. The normalized spacial score (nSPS) is 18.7. The van der Waals surface area contributed by atoms with E-state index in [0.717, 1.165) is 24.0 Å². The first-order valence-electron chi connectivity index (χ1n) is 15.2. The fourth-order valence-electron chi connectivity index (χ4n) is 5.61. The number of likely N-dealkylation sites (tertiary alicyclic amines) is 2. The third-order valence-corrected chi connectivity index (χ3v) is 7.74. The number of hydrogen-bond donors (Lipinski definition) is 2.